The van der Waals surface area contributed by atoms with Crippen molar-refractivity contribution in [2.45, 2.75) is 18.7 Å². The summed E-state index contributed by atoms with van der Waals surface area (Å²) in [6, 6.07) is 26.4. The van der Waals surface area contributed by atoms with Gasteiger partial charge in [-0.25, -0.2) is 0 Å². The molecule has 0 aliphatic rings. The zero-order chi connectivity index (χ0) is 29.4. The number of anilines is 2. The molecule has 4 rings (SSSR count). The average molecular weight is 605 g/mol. The largest absolute Gasteiger partial charge is 0.325 e. The van der Waals surface area contributed by atoms with Crippen molar-refractivity contribution >= 4 is 70.1 Å². The van der Waals surface area contributed by atoms with Gasteiger partial charge in [-0.1, -0.05) is 65.7 Å². The van der Waals surface area contributed by atoms with E-state index in [1.54, 1.807) is 66.7 Å². The van der Waals surface area contributed by atoms with Crippen LogP contribution in [0.2, 0.25) is 10.0 Å². The van der Waals surface area contributed by atoms with Crippen LogP contribution < -0.4 is 16.0 Å². The van der Waals surface area contributed by atoms with E-state index in [-0.39, 0.29) is 17.4 Å². The number of benzene rings is 4. The number of amides is 3. The molecule has 41 heavy (non-hydrogen) atoms. The molecule has 0 aromatic heterocycles. The highest BCUT2D eigenvalue weighted by Crippen LogP contribution is 2.27. The summed E-state index contributed by atoms with van der Waals surface area (Å²) in [6.07, 6.45) is 1.44. The lowest BCUT2D eigenvalue weighted by atomic mass is 10.1. The number of carbonyl (C=O) groups excluding carboxylic acids is 3. The van der Waals surface area contributed by atoms with Crippen LogP contribution in [0, 0.1) is 13.8 Å². The molecule has 9 heteroatoms. The Labute approximate surface area is 253 Å². The lowest BCUT2D eigenvalue weighted by molar-refractivity contribution is -0.114. The van der Waals surface area contributed by atoms with Gasteiger partial charge in [0.2, 0.25) is 5.91 Å². The van der Waals surface area contributed by atoms with E-state index in [1.807, 2.05) is 38.1 Å². The summed E-state index contributed by atoms with van der Waals surface area (Å²) < 4.78 is 0. The van der Waals surface area contributed by atoms with Crippen molar-refractivity contribution < 1.29 is 14.4 Å². The molecule has 4 aromatic rings. The van der Waals surface area contributed by atoms with Crippen LogP contribution in [-0.4, -0.2) is 23.5 Å². The third-order valence-corrected chi connectivity index (χ3v) is 7.81. The lowest BCUT2D eigenvalue weighted by Gasteiger charge is -2.13. The second kappa shape index (κ2) is 14.0. The van der Waals surface area contributed by atoms with Crippen LogP contribution in [0.1, 0.15) is 27.0 Å². The summed E-state index contributed by atoms with van der Waals surface area (Å²) in [6.45, 7) is 3.96. The van der Waals surface area contributed by atoms with Crippen molar-refractivity contribution in [1.29, 1.82) is 0 Å². The molecule has 0 radical (unpaired) electrons. The Kier molecular flexibility index (Phi) is 10.2. The third-order valence-electron chi connectivity index (χ3n) is 6.16. The topological polar surface area (TPSA) is 87.3 Å². The fourth-order valence-electron chi connectivity index (χ4n) is 3.82. The van der Waals surface area contributed by atoms with Crippen molar-refractivity contribution in [3.8, 4) is 0 Å². The number of nitrogens with one attached hydrogen (secondary N) is 3. The molecule has 0 fully saturated rings. The minimum absolute atomic E-state index is 0.0418. The van der Waals surface area contributed by atoms with Gasteiger partial charge in [-0.3, -0.25) is 14.4 Å². The molecule has 0 bridgehead atoms. The highest BCUT2D eigenvalue weighted by Gasteiger charge is 2.17. The van der Waals surface area contributed by atoms with Gasteiger partial charge in [0.15, 0.2) is 0 Å². The second-order valence-corrected chi connectivity index (χ2v) is 10.9. The maximum absolute atomic E-state index is 13.4. The van der Waals surface area contributed by atoms with Crippen molar-refractivity contribution in [3.05, 3.63) is 129 Å². The van der Waals surface area contributed by atoms with Gasteiger partial charge >= 0.3 is 0 Å². The molecular formula is C32H27Cl2N3O3S. The number of aryl methyl sites for hydroxylation is 1. The maximum Gasteiger partial charge on any atom is 0.272 e. The molecule has 0 aliphatic carbocycles. The Balaban J connectivity index is 1.49. The Morgan fingerprint density at radius 3 is 2.22 bits per heavy atom. The molecular weight excluding hydrogens is 577 g/mol. The van der Waals surface area contributed by atoms with E-state index < -0.39 is 11.8 Å². The zero-order valence-electron chi connectivity index (χ0n) is 22.3. The normalized spacial score (nSPS) is 11.1. The molecule has 4 aromatic carbocycles. The smallest absolute Gasteiger partial charge is 0.272 e. The SMILES string of the molecule is Cc1cccc(NC(=O)CSc2cccc(NC(=O)/C(=C\c3c(Cl)cccc3Cl)NC(=O)c3ccccc3)c2)c1C. The van der Waals surface area contributed by atoms with Crippen molar-refractivity contribution in [3.63, 3.8) is 0 Å². The zero-order valence-corrected chi connectivity index (χ0v) is 24.7. The van der Waals surface area contributed by atoms with Crippen LogP contribution in [0.3, 0.4) is 0 Å². The third kappa shape index (κ3) is 8.24. The van der Waals surface area contributed by atoms with Crippen molar-refractivity contribution in [1.82, 2.24) is 5.32 Å². The fourth-order valence-corrected chi connectivity index (χ4v) is 5.08. The van der Waals surface area contributed by atoms with Gasteiger partial charge in [-0.05, 0) is 79.6 Å². The Hall–Kier alpha value is -4.04. The Morgan fingerprint density at radius 1 is 0.805 bits per heavy atom. The molecule has 0 heterocycles. The predicted molar refractivity (Wildman–Crippen MR) is 169 cm³/mol. The average Bonchev–Trinajstić information content (AvgIpc) is 2.96. The summed E-state index contributed by atoms with van der Waals surface area (Å²) in [5.74, 6) is -0.980. The molecule has 0 spiro atoms. The minimum Gasteiger partial charge on any atom is -0.325 e. The number of thioether (sulfide) groups is 1. The highest BCUT2D eigenvalue weighted by molar-refractivity contribution is 8.00. The monoisotopic (exact) mass is 603 g/mol. The van der Waals surface area contributed by atoms with Crippen LogP contribution in [0.25, 0.3) is 6.08 Å². The van der Waals surface area contributed by atoms with Gasteiger partial charge in [0.25, 0.3) is 11.8 Å². The van der Waals surface area contributed by atoms with E-state index in [2.05, 4.69) is 16.0 Å². The van der Waals surface area contributed by atoms with Gasteiger partial charge in [-0.15, -0.1) is 11.8 Å². The van der Waals surface area contributed by atoms with Crippen LogP contribution in [-0.2, 0) is 9.59 Å². The predicted octanol–water partition coefficient (Wildman–Crippen LogP) is 7.75. The summed E-state index contributed by atoms with van der Waals surface area (Å²) in [5, 5.41) is 9.10. The molecule has 0 aliphatic heterocycles. The van der Waals surface area contributed by atoms with Gasteiger partial charge in [0.05, 0.1) is 5.75 Å². The number of rotatable bonds is 9. The molecule has 208 valence electrons. The Morgan fingerprint density at radius 2 is 1.49 bits per heavy atom. The van der Waals surface area contributed by atoms with Gasteiger partial charge in [0.1, 0.15) is 5.70 Å². The van der Waals surface area contributed by atoms with E-state index in [1.165, 1.54) is 17.8 Å². The van der Waals surface area contributed by atoms with Gasteiger partial charge in [0, 0.05) is 37.4 Å². The molecule has 3 N–H and O–H groups in total. The Bertz CT molecular complexity index is 1600. The number of hydrogen-bond acceptors (Lipinski definition) is 4. The molecule has 0 unspecified atom stereocenters. The second-order valence-electron chi connectivity index (χ2n) is 9.08. The van der Waals surface area contributed by atoms with Gasteiger partial charge < -0.3 is 16.0 Å². The lowest BCUT2D eigenvalue weighted by Crippen LogP contribution is -2.30. The first-order chi connectivity index (χ1) is 19.7. The minimum atomic E-state index is -0.569. The molecule has 6 nitrogen and oxygen atoms in total. The van der Waals surface area contributed by atoms with E-state index in [0.717, 1.165) is 21.7 Å². The first kappa shape index (κ1) is 29.9. The van der Waals surface area contributed by atoms with Crippen molar-refractivity contribution in [2.24, 2.45) is 0 Å². The van der Waals surface area contributed by atoms with Crippen LogP contribution >= 0.6 is 35.0 Å². The van der Waals surface area contributed by atoms with Crippen molar-refractivity contribution in [2.75, 3.05) is 16.4 Å². The first-order valence-corrected chi connectivity index (χ1v) is 14.4. The summed E-state index contributed by atoms with van der Waals surface area (Å²) in [5.41, 5.74) is 4.13. The number of carbonyl (C=O) groups is 3. The van der Waals surface area contributed by atoms with Gasteiger partial charge in [-0.2, -0.15) is 0 Å². The van der Waals surface area contributed by atoms with Crippen LogP contribution in [0.4, 0.5) is 11.4 Å². The molecule has 0 saturated heterocycles. The van der Waals surface area contributed by atoms with Crippen LogP contribution in [0.5, 0.6) is 0 Å². The molecule has 0 saturated carbocycles. The summed E-state index contributed by atoms with van der Waals surface area (Å²) in [7, 11) is 0. The van der Waals surface area contributed by atoms with E-state index in [9.17, 15) is 14.4 Å². The van der Waals surface area contributed by atoms with E-state index >= 15 is 0 Å². The first-order valence-electron chi connectivity index (χ1n) is 12.6. The fraction of sp³-hybridized carbons (Fsp3) is 0.0938. The summed E-state index contributed by atoms with van der Waals surface area (Å²) in [4.78, 5) is 39.7. The highest BCUT2D eigenvalue weighted by atomic mass is 35.5. The van der Waals surface area contributed by atoms with E-state index in [4.69, 9.17) is 23.2 Å². The molecule has 0 atom stereocenters. The number of halogens is 2. The maximum atomic E-state index is 13.4. The van der Waals surface area contributed by atoms with Crippen LogP contribution in [0.15, 0.2) is 102 Å². The number of hydrogen-bond donors (Lipinski definition) is 3. The van der Waals surface area contributed by atoms with E-state index in [0.29, 0.717) is 26.9 Å². The molecule has 3 amide bonds. The summed E-state index contributed by atoms with van der Waals surface area (Å²) >= 11 is 14.0. The standard InChI is InChI=1S/C32H27Cl2N3O3S/c1-20-9-6-16-28(21(20)2)36-30(38)19-41-24-13-7-12-23(17-24)35-32(40)29(18-25-26(33)14-8-15-27(25)34)37-31(39)22-10-4-3-5-11-22/h3-18H,19H2,1-2H3,(H,35,40)(H,36,38)(H,37,39)/b29-18+. The quantitative estimate of drug-likeness (QED) is 0.135.